The molecule has 0 atom stereocenters. The summed E-state index contributed by atoms with van der Waals surface area (Å²) in [5.41, 5.74) is -0.201. The van der Waals surface area contributed by atoms with Crippen LogP contribution in [-0.4, -0.2) is 31.6 Å². The first-order chi connectivity index (χ1) is 9.47. The molecule has 1 aromatic rings. The van der Waals surface area contributed by atoms with Gasteiger partial charge in [0, 0.05) is 11.6 Å². The molecule has 1 N–H and O–H groups in total. The number of esters is 1. The number of benzene rings is 1. The predicted molar refractivity (Wildman–Crippen MR) is 69.8 cm³/mol. The molecule has 0 fully saturated rings. The summed E-state index contributed by atoms with van der Waals surface area (Å²) in [6, 6.07) is 3.32. The molecule has 6 heteroatoms. The van der Waals surface area contributed by atoms with Crippen LogP contribution in [0.25, 0.3) is 0 Å². The van der Waals surface area contributed by atoms with Crippen LogP contribution in [0.2, 0.25) is 0 Å². The molecule has 0 amide bonds. The van der Waals surface area contributed by atoms with Gasteiger partial charge in [0.05, 0.1) is 19.1 Å². The lowest BCUT2D eigenvalue weighted by Crippen LogP contribution is -2.32. The molecule has 0 aliphatic carbocycles. The molecule has 0 radical (unpaired) electrons. The monoisotopic (exact) mass is 282 g/mol. The van der Waals surface area contributed by atoms with E-state index in [1.165, 1.54) is 7.11 Å². The molecular weight excluding hydrogens is 264 g/mol. The number of methoxy groups -OCH3 is 1. The van der Waals surface area contributed by atoms with E-state index in [9.17, 15) is 9.90 Å². The third-order valence-electron chi connectivity index (χ3n) is 3.05. The Kier molecular flexibility index (Phi) is 4.04. The lowest BCUT2D eigenvalue weighted by atomic mass is 9.95. The molecule has 2 rings (SSSR count). The summed E-state index contributed by atoms with van der Waals surface area (Å²) in [5.74, 6) is 1.25. The lowest BCUT2D eigenvalue weighted by Gasteiger charge is -2.22. The summed E-state index contributed by atoms with van der Waals surface area (Å²) in [4.78, 5) is 11.6. The van der Waals surface area contributed by atoms with E-state index < -0.39 is 5.41 Å². The third kappa shape index (κ3) is 2.80. The van der Waals surface area contributed by atoms with Gasteiger partial charge in [-0.05, 0) is 19.9 Å². The van der Waals surface area contributed by atoms with Crippen LogP contribution in [0.5, 0.6) is 17.2 Å². The number of hydrogen-bond acceptors (Lipinski definition) is 6. The Bertz CT molecular complexity index is 509. The molecule has 20 heavy (non-hydrogen) atoms. The Morgan fingerprint density at radius 1 is 1.35 bits per heavy atom. The summed E-state index contributed by atoms with van der Waals surface area (Å²) in [6.45, 7) is 3.54. The van der Waals surface area contributed by atoms with Crippen molar-refractivity contribution < 1.29 is 28.8 Å². The van der Waals surface area contributed by atoms with Gasteiger partial charge < -0.3 is 24.1 Å². The zero-order valence-electron chi connectivity index (χ0n) is 11.8. The quantitative estimate of drug-likeness (QED) is 0.825. The Hall–Kier alpha value is -1.95. The van der Waals surface area contributed by atoms with E-state index in [0.29, 0.717) is 22.8 Å². The maximum Gasteiger partial charge on any atom is 0.314 e. The minimum atomic E-state index is -0.780. The van der Waals surface area contributed by atoms with E-state index >= 15 is 0 Å². The fourth-order valence-electron chi connectivity index (χ4n) is 1.82. The van der Waals surface area contributed by atoms with Crippen LogP contribution in [0.1, 0.15) is 19.4 Å². The maximum absolute atomic E-state index is 11.6. The van der Waals surface area contributed by atoms with Gasteiger partial charge in [-0.2, -0.15) is 0 Å². The number of carbonyl (C=O) groups excluding carboxylic acids is 1. The van der Waals surface area contributed by atoms with Crippen molar-refractivity contribution >= 4 is 5.97 Å². The second-order valence-corrected chi connectivity index (χ2v) is 5.14. The standard InChI is InChI=1S/C14H18O6/c1-14(2,13(16)17-3)7-18-10-5-12-11(19-8-20-12)4-9(10)6-15/h4-5,15H,6-8H2,1-3H3. The fraction of sp³-hybridized carbons (Fsp3) is 0.500. The van der Waals surface area contributed by atoms with Crippen LogP contribution in [0.3, 0.4) is 0 Å². The van der Waals surface area contributed by atoms with Crippen molar-refractivity contribution in [1.82, 2.24) is 0 Å². The van der Waals surface area contributed by atoms with Crippen molar-refractivity contribution in [3.63, 3.8) is 0 Å². The summed E-state index contributed by atoms with van der Waals surface area (Å²) in [6.07, 6.45) is 0. The zero-order valence-corrected chi connectivity index (χ0v) is 11.8. The van der Waals surface area contributed by atoms with Crippen LogP contribution in [0.4, 0.5) is 0 Å². The molecule has 1 heterocycles. The third-order valence-corrected chi connectivity index (χ3v) is 3.05. The Morgan fingerprint density at radius 3 is 2.60 bits per heavy atom. The number of hydrogen-bond donors (Lipinski definition) is 1. The SMILES string of the molecule is COC(=O)C(C)(C)COc1cc2c(cc1CO)OCO2. The van der Waals surface area contributed by atoms with Crippen molar-refractivity contribution in [3.05, 3.63) is 17.7 Å². The highest BCUT2D eigenvalue weighted by Gasteiger charge is 2.30. The summed E-state index contributed by atoms with van der Waals surface area (Å²) < 4.78 is 20.9. The van der Waals surface area contributed by atoms with Crippen LogP contribution in [0.15, 0.2) is 12.1 Å². The molecule has 0 unspecified atom stereocenters. The molecule has 6 nitrogen and oxygen atoms in total. The van der Waals surface area contributed by atoms with E-state index in [1.54, 1.807) is 26.0 Å². The van der Waals surface area contributed by atoms with E-state index in [2.05, 4.69) is 0 Å². The highest BCUT2D eigenvalue weighted by Crippen LogP contribution is 2.38. The van der Waals surface area contributed by atoms with E-state index in [1.807, 2.05) is 0 Å². The highest BCUT2D eigenvalue weighted by atomic mass is 16.7. The molecule has 110 valence electrons. The average Bonchev–Trinajstić information content (AvgIpc) is 2.90. The summed E-state index contributed by atoms with van der Waals surface area (Å²) in [5, 5.41) is 9.37. The number of aliphatic hydroxyl groups excluding tert-OH is 1. The number of aliphatic hydroxyl groups is 1. The first kappa shape index (κ1) is 14.5. The molecule has 0 aromatic heterocycles. The zero-order chi connectivity index (χ0) is 14.8. The van der Waals surface area contributed by atoms with Crippen molar-refractivity contribution in [2.75, 3.05) is 20.5 Å². The van der Waals surface area contributed by atoms with Crippen molar-refractivity contribution in [2.45, 2.75) is 20.5 Å². The predicted octanol–water partition coefficient (Wildman–Crippen LogP) is 1.49. The molecule has 0 saturated carbocycles. The van der Waals surface area contributed by atoms with Gasteiger partial charge in [-0.3, -0.25) is 4.79 Å². The molecule has 1 aliphatic heterocycles. The topological polar surface area (TPSA) is 74.2 Å². The van der Waals surface area contributed by atoms with Gasteiger partial charge >= 0.3 is 5.97 Å². The van der Waals surface area contributed by atoms with E-state index in [-0.39, 0.29) is 26.0 Å². The minimum absolute atomic E-state index is 0.131. The van der Waals surface area contributed by atoms with Crippen LogP contribution >= 0.6 is 0 Å². The fourth-order valence-corrected chi connectivity index (χ4v) is 1.82. The van der Waals surface area contributed by atoms with E-state index in [4.69, 9.17) is 18.9 Å². The van der Waals surface area contributed by atoms with Gasteiger partial charge in [0.2, 0.25) is 6.79 Å². The molecule has 1 aliphatic rings. The largest absolute Gasteiger partial charge is 0.492 e. The van der Waals surface area contributed by atoms with Gasteiger partial charge in [0.1, 0.15) is 12.4 Å². The van der Waals surface area contributed by atoms with Crippen LogP contribution in [0, 0.1) is 5.41 Å². The maximum atomic E-state index is 11.6. The van der Waals surface area contributed by atoms with Gasteiger partial charge in [-0.15, -0.1) is 0 Å². The van der Waals surface area contributed by atoms with Gasteiger partial charge in [0.15, 0.2) is 11.5 Å². The number of rotatable bonds is 5. The van der Waals surface area contributed by atoms with Gasteiger partial charge in [0.25, 0.3) is 0 Å². The van der Waals surface area contributed by atoms with Crippen LogP contribution < -0.4 is 14.2 Å². The Balaban J connectivity index is 2.15. The molecule has 0 bridgehead atoms. The first-order valence-electron chi connectivity index (χ1n) is 6.22. The second-order valence-electron chi connectivity index (χ2n) is 5.14. The van der Waals surface area contributed by atoms with Gasteiger partial charge in [-0.25, -0.2) is 0 Å². The summed E-state index contributed by atoms with van der Waals surface area (Å²) in [7, 11) is 1.34. The van der Waals surface area contributed by atoms with E-state index in [0.717, 1.165) is 0 Å². The van der Waals surface area contributed by atoms with Crippen molar-refractivity contribution in [3.8, 4) is 17.2 Å². The minimum Gasteiger partial charge on any atom is -0.492 e. The van der Waals surface area contributed by atoms with Crippen LogP contribution in [-0.2, 0) is 16.1 Å². The van der Waals surface area contributed by atoms with Crippen molar-refractivity contribution in [1.29, 1.82) is 0 Å². The van der Waals surface area contributed by atoms with Gasteiger partial charge in [-0.1, -0.05) is 0 Å². The highest BCUT2D eigenvalue weighted by molar-refractivity contribution is 5.75. The Morgan fingerprint density at radius 2 is 2.00 bits per heavy atom. The first-order valence-corrected chi connectivity index (χ1v) is 6.22. The number of fused-ring (bicyclic) bond motifs is 1. The number of ether oxygens (including phenoxy) is 4. The molecule has 0 spiro atoms. The summed E-state index contributed by atoms with van der Waals surface area (Å²) >= 11 is 0. The molecular formula is C14H18O6. The van der Waals surface area contributed by atoms with Crippen molar-refractivity contribution in [2.24, 2.45) is 5.41 Å². The average molecular weight is 282 g/mol. The molecule has 1 aromatic carbocycles. The lowest BCUT2D eigenvalue weighted by molar-refractivity contribution is -0.152. The normalized spacial score (nSPS) is 13.2. The molecule has 0 saturated heterocycles. The smallest absolute Gasteiger partial charge is 0.314 e. The number of carbonyl (C=O) groups is 1. The second kappa shape index (κ2) is 5.58. The Labute approximate surface area is 117 Å².